The van der Waals surface area contributed by atoms with Gasteiger partial charge in [0.25, 0.3) is 5.56 Å². The molecule has 0 fully saturated rings. The second-order valence-electron chi connectivity index (χ2n) is 7.83. The van der Waals surface area contributed by atoms with Crippen LogP contribution in [0.1, 0.15) is 22.3 Å². The molecule has 2 aliphatic rings. The van der Waals surface area contributed by atoms with Gasteiger partial charge in [-0.2, -0.15) is 0 Å². The van der Waals surface area contributed by atoms with Gasteiger partial charge < -0.3 is 20.6 Å². The largest absolute Gasteiger partial charge is 0.361 e. The van der Waals surface area contributed by atoms with Crippen molar-refractivity contribution in [2.75, 3.05) is 6.54 Å². The van der Waals surface area contributed by atoms with Gasteiger partial charge in [-0.05, 0) is 53.3 Å². The van der Waals surface area contributed by atoms with Crippen LogP contribution >= 0.6 is 0 Å². The van der Waals surface area contributed by atoms with Gasteiger partial charge in [0, 0.05) is 72.4 Å². The number of aryl methyl sites for hydroxylation is 1. The summed E-state index contributed by atoms with van der Waals surface area (Å²) in [6, 6.07) is 8.10. The third kappa shape index (κ3) is 3.41. The molecule has 1 aromatic carbocycles. The maximum absolute atomic E-state index is 12.5. The SMILES string of the molecule is Cn1cc(C2=CN/C(=C(\C=N)c3ccc4cnccc4c3)C=C2)c2c(c1=O)CCNC2. The number of nitrogens with zero attached hydrogens (tertiary/aromatic N) is 2. The number of benzene rings is 1. The summed E-state index contributed by atoms with van der Waals surface area (Å²) in [4.78, 5) is 16.7. The highest BCUT2D eigenvalue weighted by Gasteiger charge is 2.20. The number of nitrogens with one attached hydrogen (secondary N) is 3. The molecule has 0 spiro atoms. The molecule has 0 aliphatic carbocycles. The van der Waals surface area contributed by atoms with Gasteiger partial charge in [0.2, 0.25) is 0 Å². The van der Waals surface area contributed by atoms with E-state index in [4.69, 9.17) is 5.41 Å². The molecule has 0 bridgehead atoms. The molecule has 5 rings (SSSR count). The zero-order chi connectivity index (χ0) is 21.4. The molecule has 6 nitrogen and oxygen atoms in total. The van der Waals surface area contributed by atoms with Crippen LogP contribution in [-0.2, 0) is 20.0 Å². The molecule has 0 amide bonds. The lowest BCUT2D eigenvalue weighted by atomic mass is 9.92. The first-order chi connectivity index (χ1) is 15.2. The van der Waals surface area contributed by atoms with E-state index in [9.17, 15) is 4.79 Å². The van der Waals surface area contributed by atoms with Gasteiger partial charge in [-0.3, -0.25) is 9.78 Å². The van der Waals surface area contributed by atoms with Crippen molar-refractivity contribution >= 4 is 28.1 Å². The van der Waals surface area contributed by atoms with E-state index >= 15 is 0 Å². The van der Waals surface area contributed by atoms with Crippen molar-refractivity contribution in [1.82, 2.24) is 20.2 Å². The van der Waals surface area contributed by atoms with Crippen LogP contribution in [0.15, 0.2) is 71.7 Å². The minimum Gasteiger partial charge on any atom is -0.361 e. The lowest BCUT2D eigenvalue weighted by molar-refractivity contribution is 0.626. The maximum Gasteiger partial charge on any atom is 0.253 e. The Morgan fingerprint density at radius 2 is 2.10 bits per heavy atom. The van der Waals surface area contributed by atoms with E-state index in [0.29, 0.717) is 6.54 Å². The van der Waals surface area contributed by atoms with Crippen molar-refractivity contribution in [2.24, 2.45) is 7.05 Å². The smallest absolute Gasteiger partial charge is 0.253 e. The molecule has 31 heavy (non-hydrogen) atoms. The molecule has 0 saturated carbocycles. The summed E-state index contributed by atoms with van der Waals surface area (Å²) in [6.45, 7) is 1.53. The molecular weight excluding hydrogens is 386 g/mol. The van der Waals surface area contributed by atoms with Gasteiger partial charge in [0.15, 0.2) is 0 Å². The Hall–Kier alpha value is -3.77. The molecule has 2 aromatic heterocycles. The Morgan fingerprint density at radius 3 is 2.90 bits per heavy atom. The summed E-state index contributed by atoms with van der Waals surface area (Å²) < 4.78 is 1.67. The topological polar surface area (TPSA) is 82.8 Å². The van der Waals surface area contributed by atoms with Crippen LogP contribution in [0.3, 0.4) is 0 Å². The zero-order valence-electron chi connectivity index (χ0n) is 17.3. The first-order valence-corrected chi connectivity index (χ1v) is 10.3. The predicted molar refractivity (Wildman–Crippen MR) is 125 cm³/mol. The van der Waals surface area contributed by atoms with Crippen LogP contribution in [0, 0.1) is 5.41 Å². The number of pyridine rings is 2. The van der Waals surface area contributed by atoms with Gasteiger partial charge in [-0.25, -0.2) is 0 Å². The van der Waals surface area contributed by atoms with Crippen molar-refractivity contribution in [3.8, 4) is 0 Å². The molecule has 2 aliphatic heterocycles. The van der Waals surface area contributed by atoms with Crippen LogP contribution < -0.4 is 16.2 Å². The number of rotatable bonds is 3. The molecule has 6 heteroatoms. The van der Waals surface area contributed by atoms with Gasteiger partial charge >= 0.3 is 0 Å². The van der Waals surface area contributed by atoms with Crippen LogP contribution in [0.4, 0.5) is 0 Å². The molecule has 0 atom stereocenters. The monoisotopic (exact) mass is 409 g/mol. The highest BCUT2D eigenvalue weighted by Crippen LogP contribution is 2.28. The molecule has 3 aromatic rings. The quantitative estimate of drug-likeness (QED) is 0.581. The summed E-state index contributed by atoms with van der Waals surface area (Å²) in [6.07, 6.45) is 13.7. The molecule has 4 heterocycles. The number of allylic oxidation sites excluding steroid dienone is 4. The lowest BCUT2D eigenvalue weighted by Gasteiger charge is -2.23. The number of hydrogen-bond donors (Lipinski definition) is 3. The first kappa shape index (κ1) is 19.2. The minimum atomic E-state index is 0.0896. The normalized spacial score (nSPS) is 17.0. The first-order valence-electron chi connectivity index (χ1n) is 10.3. The summed E-state index contributed by atoms with van der Waals surface area (Å²) >= 11 is 0. The lowest BCUT2D eigenvalue weighted by Crippen LogP contribution is -2.33. The molecule has 0 unspecified atom stereocenters. The van der Waals surface area contributed by atoms with Crippen LogP contribution in [0.5, 0.6) is 0 Å². The van der Waals surface area contributed by atoms with E-state index < -0.39 is 0 Å². The molecule has 0 radical (unpaired) electrons. The third-order valence-electron chi connectivity index (χ3n) is 5.95. The van der Waals surface area contributed by atoms with Crippen LogP contribution in [-0.4, -0.2) is 22.3 Å². The van der Waals surface area contributed by atoms with E-state index in [-0.39, 0.29) is 5.56 Å². The fourth-order valence-corrected chi connectivity index (χ4v) is 4.30. The minimum absolute atomic E-state index is 0.0896. The van der Waals surface area contributed by atoms with Crippen LogP contribution in [0.2, 0.25) is 0 Å². The number of dihydropyridines is 1. The van der Waals surface area contributed by atoms with Crippen molar-refractivity contribution in [3.05, 3.63) is 99.5 Å². The Balaban J connectivity index is 1.52. The van der Waals surface area contributed by atoms with E-state index in [0.717, 1.165) is 62.8 Å². The Morgan fingerprint density at radius 1 is 1.19 bits per heavy atom. The van der Waals surface area contributed by atoms with Gasteiger partial charge in [-0.15, -0.1) is 0 Å². The summed E-state index contributed by atoms with van der Waals surface area (Å²) in [5, 5.41) is 16.9. The molecule has 0 saturated heterocycles. The summed E-state index contributed by atoms with van der Waals surface area (Å²) in [5.74, 6) is 0. The van der Waals surface area contributed by atoms with Crippen LogP contribution in [0.25, 0.3) is 21.9 Å². The van der Waals surface area contributed by atoms with Crippen molar-refractivity contribution in [1.29, 1.82) is 5.41 Å². The van der Waals surface area contributed by atoms with Crippen molar-refractivity contribution < 1.29 is 0 Å². The zero-order valence-corrected chi connectivity index (χ0v) is 17.3. The van der Waals surface area contributed by atoms with Gasteiger partial charge in [0.05, 0.1) is 0 Å². The average molecular weight is 409 g/mol. The standard InChI is InChI=1S/C25H23N5O/c1-30-15-23(22-14-28-9-7-20(22)25(30)31)19-4-5-24(29-13-19)21(11-26)17-2-3-18-12-27-8-6-16(18)10-17/h2-6,8,10-13,15,26,28-29H,7,9,14H2,1H3/b24-21+,26-11?. The number of fused-ring (bicyclic) bond motifs is 2. The summed E-state index contributed by atoms with van der Waals surface area (Å²) in [5.41, 5.74) is 6.80. The second kappa shape index (κ2) is 7.81. The van der Waals surface area contributed by atoms with Crippen molar-refractivity contribution in [2.45, 2.75) is 13.0 Å². The Labute approximate surface area is 180 Å². The van der Waals surface area contributed by atoms with E-state index in [2.05, 4.69) is 27.8 Å². The molecular formula is C25H23N5O. The van der Waals surface area contributed by atoms with E-state index in [1.807, 2.05) is 49.9 Å². The maximum atomic E-state index is 12.5. The van der Waals surface area contributed by atoms with Crippen molar-refractivity contribution in [3.63, 3.8) is 0 Å². The van der Waals surface area contributed by atoms with Gasteiger partial charge in [0.1, 0.15) is 0 Å². The second-order valence-corrected chi connectivity index (χ2v) is 7.83. The van der Waals surface area contributed by atoms with E-state index in [1.54, 1.807) is 10.8 Å². The summed E-state index contributed by atoms with van der Waals surface area (Å²) in [7, 11) is 1.81. The average Bonchev–Trinajstić information content (AvgIpc) is 2.82. The highest BCUT2D eigenvalue weighted by atomic mass is 16.1. The number of aromatic nitrogens is 2. The Kier molecular flexibility index (Phi) is 4.84. The van der Waals surface area contributed by atoms with E-state index in [1.165, 1.54) is 6.21 Å². The Bertz CT molecular complexity index is 1360. The number of hydrogen-bond acceptors (Lipinski definition) is 5. The predicted octanol–water partition coefficient (Wildman–Crippen LogP) is 3.14. The van der Waals surface area contributed by atoms with Gasteiger partial charge in [-0.1, -0.05) is 18.2 Å². The fourth-order valence-electron chi connectivity index (χ4n) is 4.30. The fraction of sp³-hybridized carbons (Fsp3) is 0.160. The highest BCUT2D eigenvalue weighted by molar-refractivity contribution is 6.11. The third-order valence-corrected chi connectivity index (χ3v) is 5.95. The molecule has 154 valence electrons. The molecule has 3 N–H and O–H groups in total.